The molecule has 0 atom stereocenters. The fraction of sp³-hybridized carbons (Fsp3) is 0.250. The number of carbonyl (C=O) groups excluding carboxylic acids is 1. The maximum atomic E-state index is 10.3. The fourth-order valence-electron chi connectivity index (χ4n) is 0.417. The molecule has 1 aliphatic heterocycles. The Morgan fingerprint density at radius 3 is 3.00 bits per heavy atom. The van der Waals surface area contributed by atoms with Gasteiger partial charge in [-0.05, 0) is 0 Å². The Labute approximate surface area is 46.6 Å². The van der Waals surface area contributed by atoms with Crippen molar-refractivity contribution >= 4 is 5.91 Å². The summed E-state index contributed by atoms with van der Waals surface area (Å²) in [5.74, 6) is -0.148. The van der Waals surface area contributed by atoms with Crippen LogP contribution in [0.4, 0.5) is 0 Å². The van der Waals surface area contributed by atoms with Crippen molar-refractivity contribution in [3.63, 3.8) is 0 Å². The second kappa shape index (κ2) is 1.83. The topological polar surface area (TPSA) is 41.6 Å². The van der Waals surface area contributed by atoms with E-state index in [1.807, 2.05) is 0 Å². The molecule has 1 amide bonds. The highest BCUT2D eigenvalue weighted by Crippen LogP contribution is 1.93. The molecule has 0 aromatic carbocycles. The normalized spacial score (nSPS) is 18.5. The first-order chi connectivity index (χ1) is 3.83. The molecule has 1 N–H and O–H groups in total. The Morgan fingerprint density at radius 1 is 2.00 bits per heavy atom. The Balaban J connectivity index is 2.43. The molecule has 4 nitrogen and oxygen atoms in total. The number of amides is 1. The van der Waals surface area contributed by atoms with Gasteiger partial charge in [0.25, 0.3) is 5.91 Å². The summed E-state index contributed by atoms with van der Waals surface area (Å²) >= 11 is 0. The SMILES string of the molecule is C=CN1CC(=O)NO1. The van der Waals surface area contributed by atoms with Gasteiger partial charge in [0.1, 0.15) is 6.54 Å². The van der Waals surface area contributed by atoms with Crippen LogP contribution in [0.15, 0.2) is 12.8 Å². The lowest BCUT2D eigenvalue weighted by Crippen LogP contribution is -2.13. The van der Waals surface area contributed by atoms with Gasteiger partial charge in [-0.1, -0.05) is 6.58 Å². The second-order valence-electron chi connectivity index (χ2n) is 1.37. The van der Waals surface area contributed by atoms with Crippen LogP contribution in [0.5, 0.6) is 0 Å². The molecule has 1 aliphatic rings. The van der Waals surface area contributed by atoms with Gasteiger partial charge in [0.15, 0.2) is 0 Å². The highest BCUT2D eigenvalue weighted by atomic mass is 16.8. The summed E-state index contributed by atoms with van der Waals surface area (Å²) in [6.45, 7) is 3.63. The van der Waals surface area contributed by atoms with E-state index >= 15 is 0 Å². The third kappa shape index (κ3) is 0.788. The quantitative estimate of drug-likeness (QED) is 0.495. The molecule has 8 heavy (non-hydrogen) atoms. The molecule has 0 unspecified atom stereocenters. The van der Waals surface area contributed by atoms with E-state index in [0.29, 0.717) is 0 Å². The lowest BCUT2D eigenvalue weighted by Gasteiger charge is -2.02. The summed E-state index contributed by atoms with van der Waals surface area (Å²) in [4.78, 5) is 14.8. The second-order valence-corrected chi connectivity index (χ2v) is 1.37. The van der Waals surface area contributed by atoms with E-state index in [1.165, 1.54) is 11.3 Å². The molecule has 1 rings (SSSR count). The maximum absolute atomic E-state index is 10.3. The zero-order chi connectivity index (χ0) is 5.98. The minimum absolute atomic E-state index is 0.148. The van der Waals surface area contributed by atoms with Gasteiger partial charge >= 0.3 is 0 Å². The van der Waals surface area contributed by atoms with E-state index in [2.05, 4.69) is 17.0 Å². The van der Waals surface area contributed by atoms with Gasteiger partial charge in [0.05, 0.1) is 0 Å². The van der Waals surface area contributed by atoms with Crippen LogP contribution in [-0.4, -0.2) is 17.5 Å². The standard InChI is InChI=1S/C4H6N2O2/c1-2-6-3-4(7)5-8-6/h2H,1,3H2,(H,5,7). The molecular formula is C4H6N2O2. The molecule has 1 saturated heterocycles. The van der Waals surface area contributed by atoms with Crippen molar-refractivity contribution in [2.75, 3.05) is 6.54 Å². The van der Waals surface area contributed by atoms with Crippen LogP contribution < -0.4 is 5.48 Å². The summed E-state index contributed by atoms with van der Waals surface area (Å²) < 4.78 is 0. The van der Waals surface area contributed by atoms with E-state index in [4.69, 9.17) is 0 Å². The van der Waals surface area contributed by atoms with Gasteiger partial charge in [-0.2, -0.15) is 4.94 Å². The van der Waals surface area contributed by atoms with Crippen molar-refractivity contribution < 1.29 is 9.73 Å². The van der Waals surface area contributed by atoms with Gasteiger partial charge in [0, 0.05) is 6.20 Å². The van der Waals surface area contributed by atoms with Crippen LogP contribution in [0, 0.1) is 0 Å². The minimum Gasteiger partial charge on any atom is -0.271 e. The summed E-state index contributed by atoms with van der Waals surface area (Å²) in [5, 5.41) is 1.31. The molecule has 4 heteroatoms. The smallest absolute Gasteiger partial charge is 0.267 e. The van der Waals surface area contributed by atoms with Gasteiger partial charge in [-0.25, -0.2) is 10.5 Å². The van der Waals surface area contributed by atoms with E-state index in [9.17, 15) is 4.79 Å². The average Bonchev–Trinajstić information content (AvgIpc) is 2.14. The van der Waals surface area contributed by atoms with E-state index in [1.54, 1.807) is 0 Å². The number of hydroxylamine groups is 3. The third-order valence-electron chi connectivity index (χ3n) is 0.780. The maximum Gasteiger partial charge on any atom is 0.267 e. The third-order valence-corrected chi connectivity index (χ3v) is 0.780. The van der Waals surface area contributed by atoms with Crippen molar-refractivity contribution in [1.29, 1.82) is 0 Å². The van der Waals surface area contributed by atoms with Crippen LogP contribution in [-0.2, 0) is 9.73 Å². The Morgan fingerprint density at radius 2 is 2.75 bits per heavy atom. The Kier molecular flexibility index (Phi) is 1.17. The largest absolute Gasteiger partial charge is 0.271 e. The molecule has 0 spiro atoms. The number of nitrogens with one attached hydrogen (secondary N) is 1. The van der Waals surface area contributed by atoms with E-state index in [-0.39, 0.29) is 12.5 Å². The number of hydrogen-bond acceptors (Lipinski definition) is 3. The van der Waals surface area contributed by atoms with E-state index in [0.717, 1.165) is 0 Å². The Hall–Kier alpha value is -1.03. The number of nitrogens with zero attached hydrogens (tertiary/aromatic N) is 1. The summed E-state index contributed by atoms with van der Waals surface area (Å²) in [7, 11) is 0. The van der Waals surface area contributed by atoms with Crippen LogP contribution in [0.2, 0.25) is 0 Å². The highest BCUT2D eigenvalue weighted by molar-refractivity contribution is 5.77. The predicted octanol–water partition coefficient (Wildman–Crippen LogP) is -0.592. The zero-order valence-electron chi connectivity index (χ0n) is 4.26. The number of rotatable bonds is 1. The minimum atomic E-state index is -0.148. The molecular weight excluding hydrogens is 108 g/mol. The first kappa shape index (κ1) is 5.11. The number of carbonyl (C=O) groups is 1. The van der Waals surface area contributed by atoms with Gasteiger partial charge in [-0.15, -0.1) is 0 Å². The Bertz CT molecular complexity index is 123. The van der Waals surface area contributed by atoms with Crippen molar-refractivity contribution in [3.05, 3.63) is 12.8 Å². The fourth-order valence-corrected chi connectivity index (χ4v) is 0.417. The molecule has 44 valence electrons. The molecule has 1 fully saturated rings. The molecule has 0 bridgehead atoms. The molecule has 0 saturated carbocycles. The lowest BCUT2D eigenvalue weighted by molar-refractivity contribution is -0.138. The summed E-state index contributed by atoms with van der Waals surface area (Å²) in [5.41, 5.74) is 2.14. The summed E-state index contributed by atoms with van der Waals surface area (Å²) in [6.07, 6.45) is 1.43. The molecule has 0 aromatic heterocycles. The monoisotopic (exact) mass is 114 g/mol. The van der Waals surface area contributed by atoms with Gasteiger partial charge in [-0.3, -0.25) is 4.79 Å². The molecule has 0 aliphatic carbocycles. The first-order valence-corrected chi connectivity index (χ1v) is 2.18. The van der Waals surface area contributed by atoms with Crippen molar-refractivity contribution in [1.82, 2.24) is 10.5 Å². The van der Waals surface area contributed by atoms with Crippen molar-refractivity contribution in [2.24, 2.45) is 0 Å². The van der Waals surface area contributed by atoms with Gasteiger partial charge < -0.3 is 0 Å². The zero-order valence-corrected chi connectivity index (χ0v) is 4.26. The average molecular weight is 114 g/mol. The molecule has 0 radical (unpaired) electrons. The molecule has 0 aromatic rings. The van der Waals surface area contributed by atoms with Crippen LogP contribution in [0.3, 0.4) is 0 Å². The van der Waals surface area contributed by atoms with Crippen molar-refractivity contribution in [3.8, 4) is 0 Å². The lowest BCUT2D eigenvalue weighted by atomic mass is 10.6. The van der Waals surface area contributed by atoms with Crippen molar-refractivity contribution in [2.45, 2.75) is 0 Å². The van der Waals surface area contributed by atoms with E-state index < -0.39 is 0 Å². The number of hydrogen-bond donors (Lipinski definition) is 1. The predicted molar refractivity (Wildman–Crippen MR) is 26.1 cm³/mol. The van der Waals surface area contributed by atoms with Crippen LogP contribution >= 0.6 is 0 Å². The summed E-state index contributed by atoms with van der Waals surface area (Å²) in [6, 6.07) is 0. The van der Waals surface area contributed by atoms with Crippen LogP contribution in [0.25, 0.3) is 0 Å². The van der Waals surface area contributed by atoms with Crippen LogP contribution in [0.1, 0.15) is 0 Å². The highest BCUT2D eigenvalue weighted by Gasteiger charge is 2.15. The molecule has 1 heterocycles. The first-order valence-electron chi connectivity index (χ1n) is 2.18. The van der Waals surface area contributed by atoms with Gasteiger partial charge in [0.2, 0.25) is 0 Å².